The van der Waals surface area contributed by atoms with E-state index in [1.165, 1.54) is 11.3 Å². The van der Waals surface area contributed by atoms with Gasteiger partial charge in [0.25, 0.3) is 11.8 Å². The Morgan fingerprint density at radius 1 is 1.27 bits per heavy atom. The van der Waals surface area contributed by atoms with Crippen LogP contribution < -0.4 is 15.8 Å². The average molecular weight is 326 g/mol. The summed E-state index contributed by atoms with van der Waals surface area (Å²) in [7, 11) is 0. The quantitative estimate of drug-likeness (QED) is 0.755. The minimum Gasteiger partial charge on any atom is -0.378 e. The largest absolute Gasteiger partial charge is 0.378 e. The van der Waals surface area contributed by atoms with Crippen molar-refractivity contribution in [3.8, 4) is 0 Å². The molecule has 8 nitrogen and oxygen atoms in total. The molecule has 0 aliphatic carbocycles. The standard InChI is InChI=1S/C13H18N4O4S/c18-11(15-16-12(19)10-2-1-5-21-10)9-8-22-13(14-9)17-3-6-20-7-4-17/h8,10H,1-7H2,(H,15,18)(H,16,19). The molecular formula is C13H18N4O4S. The molecule has 0 radical (unpaired) electrons. The zero-order chi connectivity index (χ0) is 15.4. The predicted molar refractivity (Wildman–Crippen MR) is 79.7 cm³/mol. The van der Waals surface area contributed by atoms with Gasteiger partial charge in [0.1, 0.15) is 11.8 Å². The predicted octanol–water partition coefficient (Wildman–Crippen LogP) is -0.0803. The van der Waals surface area contributed by atoms with Crippen LogP contribution in [-0.2, 0) is 14.3 Å². The zero-order valence-corrected chi connectivity index (χ0v) is 12.9. The van der Waals surface area contributed by atoms with Crippen LogP contribution in [0.25, 0.3) is 0 Å². The minimum absolute atomic E-state index is 0.291. The van der Waals surface area contributed by atoms with E-state index < -0.39 is 12.0 Å². The fourth-order valence-electron chi connectivity index (χ4n) is 2.32. The second-order valence-corrected chi connectivity index (χ2v) is 5.90. The number of rotatable bonds is 3. The summed E-state index contributed by atoms with van der Waals surface area (Å²) in [6.07, 6.45) is 1.07. The van der Waals surface area contributed by atoms with Crippen molar-refractivity contribution in [2.75, 3.05) is 37.8 Å². The van der Waals surface area contributed by atoms with Gasteiger partial charge >= 0.3 is 0 Å². The molecule has 1 aromatic rings. The number of hydrogen-bond acceptors (Lipinski definition) is 7. The fraction of sp³-hybridized carbons (Fsp3) is 0.615. The molecule has 0 saturated carbocycles. The molecule has 120 valence electrons. The summed E-state index contributed by atoms with van der Waals surface area (Å²) < 4.78 is 10.5. The van der Waals surface area contributed by atoms with Crippen molar-refractivity contribution < 1.29 is 19.1 Å². The monoisotopic (exact) mass is 326 g/mol. The van der Waals surface area contributed by atoms with E-state index >= 15 is 0 Å². The lowest BCUT2D eigenvalue weighted by atomic mass is 10.2. The second-order valence-electron chi connectivity index (χ2n) is 5.06. The topological polar surface area (TPSA) is 92.8 Å². The summed E-state index contributed by atoms with van der Waals surface area (Å²) in [4.78, 5) is 30.1. The number of amides is 2. The average Bonchev–Trinajstić information content (AvgIpc) is 3.24. The van der Waals surface area contributed by atoms with Crippen LogP contribution in [0, 0.1) is 0 Å². The maximum Gasteiger partial charge on any atom is 0.289 e. The molecule has 2 amide bonds. The van der Waals surface area contributed by atoms with Crippen molar-refractivity contribution in [3.05, 3.63) is 11.1 Å². The molecule has 2 N–H and O–H groups in total. The Kier molecular flexibility index (Phi) is 4.86. The number of ether oxygens (including phenoxy) is 2. The van der Waals surface area contributed by atoms with Crippen molar-refractivity contribution in [1.82, 2.24) is 15.8 Å². The lowest BCUT2D eigenvalue weighted by Gasteiger charge is -2.25. The van der Waals surface area contributed by atoms with E-state index in [1.54, 1.807) is 5.38 Å². The number of morpholine rings is 1. The third kappa shape index (κ3) is 3.54. The highest BCUT2D eigenvalue weighted by Crippen LogP contribution is 2.21. The number of nitrogens with one attached hydrogen (secondary N) is 2. The highest BCUT2D eigenvalue weighted by molar-refractivity contribution is 7.13. The maximum absolute atomic E-state index is 12.0. The van der Waals surface area contributed by atoms with Crippen molar-refractivity contribution in [3.63, 3.8) is 0 Å². The van der Waals surface area contributed by atoms with Gasteiger partial charge in [-0.1, -0.05) is 0 Å². The Bertz CT molecular complexity index is 538. The first kappa shape index (κ1) is 15.2. The van der Waals surface area contributed by atoms with Crippen molar-refractivity contribution in [2.24, 2.45) is 0 Å². The summed E-state index contributed by atoms with van der Waals surface area (Å²) in [5.74, 6) is -0.753. The number of aromatic nitrogens is 1. The number of hydrazine groups is 1. The van der Waals surface area contributed by atoms with Crippen LogP contribution >= 0.6 is 11.3 Å². The normalized spacial score (nSPS) is 21.6. The number of hydrogen-bond donors (Lipinski definition) is 2. The van der Waals surface area contributed by atoms with Gasteiger partial charge in [0.05, 0.1) is 13.2 Å². The second kappa shape index (κ2) is 7.03. The van der Waals surface area contributed by atoms with Gasteiger partial charge in [-0.25, -0.2) is 4.98 Å². The maximum atomic E-state index is 12.0. The van der Waals surface area contributed by atoms with Crippen LogP contribution in [0.3, 0.4) is 0 Å². The summed E-state index contributed by atoms with van der Waals surface area (Å²) in [6.45, 7) is 3.45. The van der Waals surface area contributed by atoms with Crippen LogP contribution in [-0.4, -0.2) is 55.8 Å². The number of thiazole rings is 1. The molecule has 0 aromatic carbocycles. The van der Waals surface area contributed by atoms with Gasteiger partial charge in [-0.05, 0) is 12.8 Å². The fourth-order valence-corrected chi connectivity index (χ4v) is 3.18. The summed E-state index contributed by atoms with van der Waals surface area (Å²) in [6, 6.07) is 0. The molecule has 2 saturated heterocycles. The molecule has 3 rings (SSSR count). The molecule has 2 aliphatic rings. The number of carbonyl (C=O) groups excluding carboxylic acids is 2. The molecule has 1 aromatic heterocycles. The van der Waals surface area contributed by atoms with Crippen LogP contribution in [0.15, 0.2) is 5.38 Å². The molecule has 22 heavy (non-hydrogen) atoms. The molecule has 0 bridgehead atoms. The van der Waals surface area contributed by atoms with Gasteiger partial charge in [0, 0.05) is 25.1 Å². The molecule has 2 aliphatic heterocycles. The molecule has 1 atom stereocenters. The van der Waals surface area contributed by atoms with E-state index in [9.17, 15) is 9.59 Å². The zero-order valence-electron chi connectivity index (χ0n) is 12.0. The molecule has 0 spiro atoms. The van der Waals surface area contributed by atoms with E-state index in [0.29, 0.717) is 31.9 Å². The highest BCUT2D eigenvalue weighted by Gasteiger charge is 2.24. The summed E-state index contributed by atoms with van der Waals surface area (Å²) >= 11 is 1.40. The van der Waals surface area contributed by atoms with E-state index in [1.807, 2.05) is 0 Å². The molecular weight excluding hydrogens is 308 g/mol. The van der Waals surface area contributed by atoms with E-state index in [-0.39, 0.29) is 5.91 Å². The molecule has 9 heteroatoms. The Morgan fingerprint density at radius 3 is 2.82 bits per heavy atom. The molecule has 3 heterocycles. The first-order chi connectivity index (χ1) is 10.7. The minimum atomic E-state index is -0.473. The summed E-state index contributed by atoms with van der Waals surface area (Å²) in [5.41, 5.74) is 5.04. The van der Waals surface area contributed by atoms with Crippen LogP contribution in [0.1, 0.15) is 23.3 Å². The van der Waals surface area contributed by atoms with E-state index in [4.69, 9.17) is 9.47 Å². The van der Waals surface area contributed by atoms with Gasteiger partial charge in [-0.15, -0.1) is 11.3 Å². The van der Waals surface area contributed by atoms with Gasteiger partial charge in [0.15, 0.2) is 5.13 Å². The number of carbonyl (C=O) groups is 2. The first-order valence-electron chi connectivity index (χ1n) is 7.24. The Labute approximate surface area is 131 Å². The lowest BCUT2D eigenvalue weighted by Crippen LogP contribution is -2.46. The van der Waals surface area contributed by atoms with E-state index in [0.717, 1.165) is 24.6 Å². The Morgan fingerprint density at radius 2 is 2.09 bits per heavy atom. The SMILES string of the molecule is O=C(NNC(=O)C1CCCO1)c1csc(N2CCOCC2)n1. The van der Waals surface area contributed by atoms with Crippen molar-refractivity contribution in [1.29, 1.82) is 0 Å². The number of anilines is 1. The Hall–Kier alpha value is -1.71. The highest BCUT2D eigenvalue weighted by atomic mass is 32.1. The third-order valence-corrected chi connectivity index (χ3v) is 4.43. The van der Waals surface area contributed by atoms with Crippen LogP contribution in [0.5, 0.6) is 0 Å². The van der Waals surface area contributed by atoms with Gasteiger partial charge in [-0.3, -0.25) is 20.4 Å². The van der Waals surface area contributed by atoms with Gasteiger partial charge < -0.3 is 14.4 Å². The smallest absolute Gasteiger partial charge is 0.289 e. The van der Waals surface area contributed by atoms with Crippen LogP contribution in [0.4, 0.5) is 5.13 Å². The summed E-state index contributed by atoms with van der Waals surface area (Å²) in [5, 5.41) is 2.47. The molecule has 1 unspecified atom stereocenters. The van der Waals surface area contributed by atoms with Gasteiger partial charge in [-0.2, -0.15) is 0 Å². The lowest BCUT2D eigenvalue weighted by molar-refractivity contribution is -0.130. The van der Waals surface area contributed by atoms with E-state index in [2.05, 4.69) is 20.7 Å². The third-order valence-electron chi connectivity index (χ3n) is 3.53. The van der Waals surface area contributed by atoms with Gasteiger partial charge in [0.2, 0.25) is 0 Å². The van der Waals surface area contributed by atoms with Crippen LogP contribution in [0.2, 0.25) is 0 Å². The Balaban J connectivity index is 1.51. The number of nitrogens with zero attached hydrogens (tertiary/aromatic N) is 2. The first-order valence-corrected chi connectivity index (χ1v) is 8.12. The molecule has 2 fully saturated rings. The van der Waals surface area contributed by atoms with Crippen molar-refractivity contribution >= 4 is 28.3 Å². The van der Waals surface area contributed by atoms with Crippen molar-refractivity contribution in [2.45, 2.75) is 18.9 Å².